The molecule has 5 nitrogen and oxygen atoms in total. The molecule has 5 heteroatoms. The molecule has 1 heterocycles. The maximum Gasteiger partial charge on any atom is 0.417 e. The third-order valence-corrected chi connectivity index (χ3v) is 2.84. The van der Waals surface area contributed by atoms with Crippen LogP contribution in [0.15, 0.2) is 27.4 Å². The highest BCUT2D eigenvalue weighted by Gasteiger charge is 2.01. The smallest absolute Gasteiger partial charge is 0.408 e. The van der Waals surface area contributed by atoms with Gasteiger partial charge in [-0.1, -0.05) is 6.07 Å². The van der Waals surface area contributed by atoms with E-state index in [-0.39, 0.29) is 6.61 Å². The van der Waals surface area contributed by atoms with Crippen molar-refractivity contribution in [1.29, 1.82) is 0 Å². The molecule has 0 saturated heterocycles. The van der Waals surface area contributed by atoms with Crippen molar-refractivity contribution in [3.63, 3.8) is 0 Å². The second-order valence-electron chi connectivity index (χ2n) is 4.28. The highest BCUT2D eigenvalue weighted by atomic mass is 16.4. The fourth-order valence-electron chi connectivity index (χ4n) is 1.87. The van der Waals surface area contributed by atoms with E-state index in [1.165, 1.54) is 0 Å². The van der Waals surface area contributed by atoms with Crippen LogP contribution < -0.4 is 11.1 Å². The molecule has 0 aliphatic heterocycles. The van der Waals surface area contributed by atoms with Gasteiger partial charge < -0.3 is 14.8 Å². The normalized spacial score (nSPS) is 11.2. The number of benzene rings is 1. The van der Waals surface area contributed by atoms with Gasteiger partial charge in [-0.05, 0) is 50.0 Å². The number of aliphatic hydroxyl groups is 1. The molecular weight excluding hydrogens is 232 g/mol. The number of H-pyrrole nitrogens is 1. The van der Waals surface area contributed by atoms with Crippen molar-refractivity contribution in [3.05, 3.63) is 34.3 Å². The summed E-state index contributed by atoms with van der Waals surface area (Å²) in [6.07, 6.45) is 2.74. The number of oxazole rings is 1. The first-order valence-electron chi connectivity index (χ1n) is 6.23. The summed E-state index contributed by atoms with van der Waals surface area (Å²) in [5, 5.41) is 12.0. The van der Waals surface area contributed by atoms with Crippen LogP contribution in [0.25, 0.3) is 11.1 Å². The molecule has 98 valence electrons. The van der Waals surface area contributed by atoms with Crippen LogP contribution in [0.3, 0.4) is 0 Å². The molecule has 0 unspecified atom stereocenters. The summed E-state index contributed by atoms with van der Waals surface area (Å²) in [4.78, 5) is 13.7. The Kier molecular flexibility index (Phi) is 4.55. The van der Waals surface area contributed by atoms with Crippen molar-refractivity contribution < 1.29 is 9.52 Å². The first kappa shape index (κ1) is 12.9. The highest BCUT2D eigenvalue weighted by Crippen LogP contribution is 2.12. The number of aromatic nitrogens is 1. The molecule has 0 saturated carbocycles. The molecule has 18 heavy (non-hydrogen) atoms. The average Bonchev–Trinajstić information content (AvgIpc) is 2.73. The molecule has 0 atom stereocenters. The summed E-state index contributed by atoms with van der Waals surface area (Å²) in [5.41, 5.74) is 2.51. The predicted molar refractivity (Wildman–Crippen MR) is 69.7 cm³/mol. The molecule has 0 radical (unpaired) electrons. The van der Waals surface area contributed by atoms with E-state index < -0.39 is 5.76 Å². The fraction of sp³-hybridized carbons (Fsp3) is 0.462. The van der Waals surface area contributed by atoms with Crippen LogP contribution in [-0.4, -0.2) is 29.8 Å². The van der Waals surface area contributed by atoms with Crippen molar-refractivity contribution in [3.8, 4) is 0 Å². The van der Waals surface area contributed by atoms with Crippen LogP contribution in [0.4, 0.5) is 0 Å². The van der Waals surface area contributed by atoms with Crippen molar-refractivity contribution >= 4 is 11.1 Å². The SMILES string of the molecule is O=c1[nH]c2cc(CCNCCCCO)ccc2o1. The van der Waals surface area contributed by atoms with Crippen LogP contribution in [0.1, 0.15) is 18.4 Å². The third-order valence-electron chi connectivity index (χ3n) is 2.84. The molecule has 0 fully saturated rings. The van der Waals surface area contributed by atoms with E-state index in [1.807, 2.05) is 18.2 Å². The molecule has 2 rings (SSSR count). The number of rotatable bonds is 7. The van der Waals surface area contributed by atoms with E-state index in [1.54, 1.807) is 0 Å². The first-order chi connectivity index (χ1) is 8.79. The zero-order valence-electron chi connectivity index (χ0n) is 10.2. The molecule has 2 aromatic rings. The van der Waals surface area contributed by atoms with Crippen LogP contribution >= 0.6 is 0 Å². The Labute approximate surface area is 105 Å². The number of aromatic amines is 1. The lowest BCUT2D eigenvalue weighted by atomic mass is 10.1. The topological polar surface area (TPSA) is 78.3 Å². The number of aliphatic hydroxyl groups excluding tert-OH is 1. The summed E-state index contributed by atoms with van der Waals surface area (Å²) < 4.78 is 4.94. The minimum Gasteiger partial charge on any atom is -0.408 e. The van der Waals surface area contributed by atoms with Gasteiger partial charge in [-0.2, -0.15) is 0 Å². The van der Waals surface area contributed by atoms with Gasteiger partial charge in [-0.15, -0.1) is 0 Å². The summed E-state index contributed by atoms with van der Waals surface area (Å²) >= 11 is 0. The number of hydrogen-bond donors (Lipinski definition) is 3. The minimum absolute atomic E-state index is 0.256. The number of unbranched alkanes of at least 4 members (excludes halogenated alkanes) is 1. The lowest BCUT2D eigenvalue weighted by molar-refractivity contribution is 0.284. The monoisotopic (exact) mass is 250 g/mol. The standard InChI is InChI=1S/C13H18N2O3/c16-8-2-1-6-14-7-5-10-3-4-12-11(9-10)15-13(17)18-12/h3-4,9,14,16H,1-2,5-8H2,(H,15,17). The molecular formula is C13H18N2O3. The van der Waals surface area contributed by atoms with Crippen molar-refractivity contribution in [1.82, 2.24) is 10.3 Å². The van der Waals surface area contributed by atoms with E-state index in [4.69, 9.17) is 9.52 Å². The van der Waals surface area contributed by atoms with Gasteiger partial charge in [0, 0.05) is 6.61 Å². The summed E-state index contributed by atoms with van der Waals surface area (Å²) in [5.74, 6) is -0.413. The summed E-state index contributed by atoms with van der Waals surface area (Å²) in [6.45, 7) is 2.07. The van der Waals surface area contributed by atoms with E-state index in [0.717, 1.165) is 43.4 Å². The molecule has 0 amide bonds. The van der Waals surface area contributed by atoms with Crippen molar-refractivity contribution in [2.75, 3.05) is 19.7 Å². The quantitative estimate of drug-likeness (QED) is 0.641. The van der Waals surface area contributed by atoms with E-state index in [0.29, 0.717) is 5.58 Å². The molecule has 0 aliphatic rings. The van der Waals surface area contributed by atoms with Gasteiger partial charge in [0.2, 0.25) is 0 Å². The van der Waals surface area contributed by atoms with Gasteiger partial charge in [0.15, 0.2) is 5.58 Å². The average molecular weight is 250 g/mol. The minimum atomic E-state index is -0.413. The van der Waals surface area contributed by atoms with Crippen LogP contribution in [-0.2, 0) is 6.42 Å². The Hall–Kier alpha value is -1.59. The summed E-state index contributed by atoms with van der Waals surface area (Å²) in [7, 11) is 0. The van der Waals surface area contributed by atoms with E-state index >= 15 is 0 Å². The van der Waals surface area contributed by atoms with Gasteiger partial charge in [-0.25, -0.2) is 4.79 Å². The van der Waals surface area contributed by atoms with Gasteiger partial charge in [0.25, 0.3) is 0 Å². The van der Waals surface area contributed by atoms with Gasteiger partial charge in [0.05, 0.1) is 5.52 Å². The predicted octanol–water partition coefficient (Wildman–Crippen LogP) is 1.03. The second-order valence-corrected chi connectivity index (χ2v) is 4.28. The fourth-order valence-corrected chi connectivity index (χ4v) is 1.87. The number of hydrogen-bond acceptors (Lipinski definition) is 4. The van der Waals surface area contributed by atoms with Gasteiger partial charge >= 0.3 is 5.76 Å². The maximum absolute atomic E-state index is 11.0. The Morgan fingerprint density at radius 2 is 2.17 bits per heavy atom. The van der Waals surface area contributed by atoms with E-state index in [9.17, 15) is 4.79 Å². The van der Waals surface area contributed by atoms with Gasteiger partial charge in [0.1, 0.15) is 0 Å². The Morgan fingerprint density at radius 3 is 3.00 bits per heavy atom. The molecule has 0 aliphatic carbocycles. The first-order valence-corrected chi connectivity index (χ1v) is 6.23. The Balaban J connectivity index is 1.82. The second kappa shape index (κ2) is 6.37. The molecule has 0 spiro atoms. The zero-order chi connectivity index (χ0) is 12.8. The molecule has 1 aromatic carbocycles. The molecule has 3 N–H and O–H groups in total. The van der Waals surface area contributed by atoms with Crippen LogP contribution in [0.2, 0.25) is 0 Å². The Morgan fingerprint density at radius 1 is 1.28 bits per heavy atom. The zero-order valence-corrected chi connectivity index (χ0v) is 10.2. The largest absolute Gasteiger partial charge is 0.417 e. The number of fused-ring (bicyclic) bond motifs is 1. The highest BCUT2D eigenvalue weighted by molar-refractivity contribution is 5.72. The van der Waals surface area contributed by atoms with Crippen molar-refractivity contribution in [2.45, 2.75) is 19.3 Å². The van der Waals surface area contributed by atoms with Gasteiger partial charge in [-0.3, -0.25) is 4.98 Å². The number of nitrogens with one attached hydrogen (secondary N) is 2. The molecule has 1 aromatic heterocycles. The van der Waals surface area contributed by atoms with Crippen LogP contribution in [0, 0.1) is 0 Å². The lowest BCUT2D eigenvalue weighted by Crippen LogP contribution is -2.18. The maximum atomic E-state index is 11.0. The van der Waals surface area contributed by atoms with Crippen LogP contribution in [0.5, 0.6) is 0 Å². The van der Waals surface area contributed by atoms with E-state index in [2.05, 4.69) is 10.3 Å². The third kappa shape index (κ3) is 3.45. The molecule has 0 bridgehead atoms. The summed E-state index contributed by atoms with van der Waals surface area (Å²) in [6, 6.07) is 5.72. The lowest BCUT2D eigenvalue weighted by Gasteiger charge is -2.04. The Bertz CT molecular complexity index is 544. The van der Waals surface area contributed by atoms with Crippen molar-refractivity contribution in [2.24, 2.45) is 0 Å².